The molecule has 1 N–H and O–H groups in total. The minimum atomic E-state index is -0.172. The minimum Gasteiger partial charge on any atom is -0.495 e. The third-order valence-corrected chi connectivity index (χ3v) is 4.26. The Hall–Kier alpha value is -0.790. The van der Waals surface area contributed by atoms with E-state index in [0.717, 1.165) is 2.88 Å². The molecule has 1 amide bonds. The molecule has 2 rings (SSSR count). The second kappa shape index (κ2) is 5.90. The van der Waals surface area contributed by atoms with Gasteiger partial charge in [-0.2, -0.15) is 0 Å². The average Bonchev–Trinajstić information content (AvgIpc) is 2.76. The van der Waals surface area contributed by atoms with Crippen LogP contribution in [0.3, 0.4) is 0 Å². The summed E-state index contributed by atoms with van der Waals surface area (Å²) in [7, 11) is 1.55. The number of hydrogen-bond acceptors (Lipinski definition) is 3. The maximum Gasteiger partial charge on any atom is 0.256 e. The molecule has 1 aromatic carbocycles. The van der Waals surface area contributed by atoms with Crippen molar-refractivity contribution in [2.45, 2.75) is 0 Å². The Morgan fingerprint density at radius 2 is 2.22 bits per heavy atom. The first-order chi connectivity index (χ1) is 8.60. The van der Waals surface area contributed by atoms with Gasteiger partial charge in [0.05, 0.1) is 21.2 Å². The van der Waals surface area contributed by atoms with Gasteiger partial charge in [-0.3, -0.25) is 4.79 Å². The predicted molar refractivity (Wildman–Crippen MR) is 83.0 cm³/mol. The van der Waals surface area contributed by atoms with Gasteiger partial charge in [-0.1, -0.05) is 11.6 Å². The van der Waals surface area contributed by atoms with Gasteiger partial charge in [0, 0.05) is 10.4 Å². The number of ether oxygens (including phenoxy) is 1. The Balaban J connectivity index is 2.23. The smallest absolute Gasteiger partial charge is 0.256 e. The van der Waals surface area contributed by atoms with Gasteiger partial charge in [-0.15, -0.1) is 11.3 Å². The van der Waals surface area contributed by atoms with E-state index in [0.29, 0.717) is 22.0 Å². The standard InChI is InChI=1S/C12H9ClINO2S/c1-17-10-3-2-8(13)5-9(10)15-12(16)7-4-11(14)18-6-7/h2-6H,1H3,(H,15,16). The van der Waals surface area contributed by atoms with Gasteiger partial charge in [-0.25, -0.2) is 0 Å². The van der Waals surface area contributed by atoms with Gasteiger partial charge in [0.15, 0.2) is 0 Å². The molecule has 6 heteroatoms. The molecule has 0 fully saturated rings. The zero-order valence-corrected chi connectivity index (χ0v) is 13.1. The number of thiophene rings is 1. The molecule has 0 aliphatic heterocycles. The first-order valence-electron chi connectivity index (χ1n) is 4.99. The van der Waals surface area contributed by atoms with Crippen molar-refractivity contribution in [2.75, 3.05) is 12.4 Å². The molecule has 0 bridgehead atoms. The average molecular weight is 394 g/mol. The van der Waals surface area contributed by atoms with Crippen LogP contribution < -0.4 is 10.1 Å². The molecular weight excluding hydrogens is 385 g/mol. The Morgan fingerprint density at radius 3 is 2.83 bits per heavy atom. The Labute approximate surface area is 127 Å². The van der Waals surface area contributed by atoms with Gasteiger partial charge >= 0.3 is 0 Å². The largest absolute Gasteiger partial charge is 0.495 e. The highest BCUT2D eigenvalue weighted by Gasteiger charge is 2.11. The number of benzene rings is 1. The van der Waals surface area contributed by atoms with Crippen LogP contribution in [-0.2, 0) is 0 Å². The summed E-state index contributed by atoms with van der Waals surface area (Å²) in [6, 6.07) is 6.92. The van der Waals surface area contributed by atoms with Gasteiger partial charge in [0.1, 0.15) is 5.75 Å². The molecule has 0 atom stereocenters. The van der Waals surface area contributed by atoms with Crippen molar-refractivity contribution in [3.63, 3.8) is 0 Å². The third-order valence-electron chi connectivity index (χ3n) is 2.24. The van der Waals surface area contributed by atoms with Crippen molar-refractivity contribution in [1.29, 1.82) is 0 Å². The first-order valence-corrected chi connectivity index (χ1v) is 7.32. The molecule has 0 saturated carbocycles. The fourth-order valence-corrected chi connectivity index (χ4v) is 2.90. The zero-order valence-electron chi connectivity index (χ0n) is 9.37. The molecule has 0 unspecified atom stereocenters. The summed E-state index contributed by atoms with van der Waals surface area (Å²) in [4.78, 5) is 12.0. The lowest BCUT2D eigenvalue weighted by Gasteiger charge is -2.09. The number of amides is 1. The van der Waals surface area contributed by atoms with Crippen LogP contribution in [0.2, 0.25) is 5.02 Å². The number of anilines is 1. The fourth-order valence-electron chi connectivity index (χ4n) is 1.40. The van der Waals surface area contributed by atoms with Crippen molar-refractivity contribution >= 4 is 57.1 Å². The molecule has 18 heavy (non-hydrogen) atoms. The van der Waals surface area contributed by atoms with Crippen LogP contribution in [-0.4, -0.2) is 13.0 Å². The number of nitrogens with one attached hydrogen (secondary N) is 1. The van der Waals surface area contributed by atoms with E-state index in [1.54, 1.807) is 25.3 Å². The summed E-state index contributed by atoms with van der Waals surface area (Å²) >= 11 is 9.60. The minimum absolute atomic E-state index is 0.172. The molecule has 0 aliphatic carbocycles. The summed E-state index contributed by atoms with van der Waals surface area (Å²) in [5, 5.41) is 5.15. The zero-order chi connectivity index (χ0) is 13.1. The fraction of sp³-hybridized carbons (Fsp3) is 0.0833. The van der Waals surface area contributed by atoms with Crippen LogP contribution >= 0.6 is 45.5 Å². The van der Waals surface area contributed by atoms with Crippen LogP contribution in [0.25, 0.3) is 0 Å². The number of hydrogen-bond donors (Lipinski definition) is 1. The maximum atomic E-state index is 12.0. The van der Waals surface area contributed by atoms with E-state index in [-0.39, 0.29) is 5.91 Å². The van der Waals surface area contributed by atoms with Crippen LogP contribution in [0.1, 0.15) is 10.4 Å². The van der Waals surface area contributed by atoms with E-state index in [9.17, 15) is 4.79 Å². The van der Waals surface area contributed by atoms with Gasteiger partial charge in [0.25, 0.3) is 5.91 Å². The molecule has 0 aliphatic rings. The molecule has 0 spiro atoms. The molecular formula is C12H9ClINO2S. The van der Waals surface area contributed by atoms with Crippen molar-refractivity contribution in [2.24, 2.45) is 0 Å². The Bertz CT molecular complexity index is 585. The number of carbonyl (C=O) groups excluding carboxylic acids is 1. The molecule has 1 heterocycles. The summed E-state index contributed by atoms with van der Waals surface area (Å²) in [6.45, 7) is 0. The lowest BCUT2D eigenvalue weighted by molar-refractivity contribution is 0.102. The lowest BCUT2D eigenvalue weighted by Crippen LogP contribution is -2.11. The maximum absolute atomic E-state index is 12.0. The van der Waals surface area contributed by atoms with E-state index in [2.05, 4.69) is 27.9 Å². The van der Waals surface area contributed by atoms with Crippen molar-refractivity contribution < 1.29 is 9.53 Å². The van der Waals surface area contributed by atoms with Gasteiger partial charge in [-0.05, 0) is 46.9 Å². The third kappa shape index (κ3) is 3.15. The first kappa shape index (κ1) is 13.6. The predicted octanol–water partition coefficient (Wildman–Crippen LogP) is 4.27. The lowest BCUT2D eigenvalue weighted by atomic mass is 10.2. The number of rotatable bonds is 3. The monoisotopic (exact) mass is 393 g/mol. The second-order valence-corrected chi connectivity index (χ2v) is 6.68. The van der Waals surface area contributed by atoms with Gasteiger partial charge in [0.2, 0.25) is 0 Å². The summed E-state index contributed by atoms with van der Waals surface area (Å²) in [5.74, 6) is 0.410. The van der Waals surface area contributed by atoms with Crippen molar-refractivity contribution in [1.82, 2.24) is 0 Å². The summed E-state index contributed by atoms with van der Waals surface area (Å²) in [6.07, 6.45) is 0. The Morgan fingerprint density at radius 1 is 1.44 bits per heavy atom. The van der Waals surface area contributed by atoms with Gasteiger partial charge < -0.3 is 10.1 Å². The Kier molecular flexibility index (Phi) is 4.47. The molecule has 94 valence electrons. The normalized spacial score (nSPS) is 10.2. The highest BCUT2D eigenvalue weighted by molar-refractivity contribution is 14.1. The van der Waals surface area contributed by atoms with Crippen LogP contribution in [0.15, 0.2) is 29.6 Å². The molecule has 0 radical (unpaired) electrons. The van der Waals surface area contributed by atoms with Crippen molar-refractivity contribution in [3.8, 4) is 5.75 Å². The summed E-state index contributed by atoms with van der Waals surface area (Å²) < 4.78 is 6.24. The SMILES string of the molecule is COc1ccc(Cl)cc1NC(=O)c1csc(I)c1. The van der Waals surface area contributed by atoms with E-state index < -0.39 is 0 Å². The second-order valence-electron chi connectivity index (χ2n) is 3.44. The van der Waals surface area contributed by atoms with E-state index in [1.807, 2.05) is 11.4 Å². The quantitative estimate of drug-likeness (QED) is 0.791. The highest BCUT2D eigenvalue weighted by Crippen LogP contribution is 2.28. The number of methoxy groups -OCH3 is 1. The number of carbonyl (C=O) groups is 1. The molecule has 2 aromatic rings. The van der Waals surface area contributed by atoms with Crippen LogP contribution in [0.5, 0.6) is 5.75 Å². The topological polar surface area (TPSA) is 38.3 Å². The van der Waals surface area contributed by atoms with E-state index in [1.165, 1.54) is 11.3 Å². The molecule has 0 saturated heterocycles. The number of halogens is 2. The van der Waals surface area contributed by atoms with Crippen LogP contribution in [0, 0.1) is 2.88 Å². The molecule has 3 nitrogen and oxygen atoms in total. The van der Waals surface area contributed by atoms with E-state index >= 15 is 0 Å². The summed E-state index contributed by atoms with van der Waals surface area (Å²) in [5.41, 5.74) is 1.20. The van der Waals surface area contributed by atoms with E-state index in [4.69, 9.17) is 16.3 Å². The molecule has 1 aromatic heterocycles. The highest BCUT2D eigenvalue weighted by atomic mass is 127. The van der Waals surface area contributed by atoms with Crippen molar-refractivity contribution in [3.05, 3.63) is 43.1 Å². The van der Waals surface area contributed by atoms with Crippen LogP contribution in [0.4, 0.5) is 5.69 Å².